The Morgan fingerprint density at radius 2 is 2.04 bits per heavy atom. The molecule has 0 radical (unpaired) electrons. The number of nitrogens with one attached hydrogen (secondary N) is 1. The smallest absolute Gasteiger partial charge is 0.263 e. The first-order valence-electron chi connectivity index (χ1n) is 7.75. The fraction of sp³-hybridized carbons (Fsp3) is 0.412. The fourth-order valence-electron chi connectivity index (χ4n) is 1.99. The van der Waals surface area contributed by atoms with Crippen LogP contribution in [0.15, 0.2) is 42.7 Å². The predicted octanol–water partition coefficient (Wildman–Crippen LogP) is 2.53. The van der Waals surface area contributed by atoms with Crippen LogP contribution in [0.2, 0.25) is 5.02 Å². The first-order valence-corrected chi connectivity index (χ1v) is 8.13. The zero-order valence-corrected chi connectivity index (χ0v) is 14.6. The molecular weight excluding hydrogens is 330 g/mol. The van der Waals surface area contributed by atoms with E-state index in [2.05, 4.69) is 10.4 Å². The molecule has 24 heavy (non-hydrogen) atoms. The molecule has 0 saturated heterocycles. The summed E-state index contributed by atoms with van der Waals surface area (Å²) in [4.78, 5) is 12.2. The van der Waals surface area contributed by atoms with Crippen LogP contribution in [0.1, 0.15) is 13.8 Å². The highest BCUT2D eigenvalue weighted by molar-refractivity contribution is 6.30. The first kappa shape index (κ1) is 18.3. The van der Waals surface area contributed by atoms with E-state index < -0.39 is 5.60 Å². The lowest BCUT2D eigenvalue weighted by molar-refractivity contribution is -0.134. The van der Waals surface area contributed by atoms with E-state index in [0.717, 1.165) is 0 Å². The maximum atomic E-state index is 12.2. The molecule has 0 aliphatic carbocycles. The second kappa shape index (κ2) is 8.70. The number of ether oxygens (including phenoxy) is 2. The van der Waals surface area contributed by atoms with E-state index in [1.54, 1.807) is 49.0 Å². The number of carbonyl (C=O) groups is 1. The molecule has 0 fully saturated rings. The molecule has 6 nitrogen and oxygen atoms in total. The quantitative estimate of drug-likeness (QED) is 0.705. The molecule has 1 N–H and O–H groups in total. The number of hydrogen-bond donors (Lipinski definition) is 1. The lowest BCUT2D eigenvalue weighted by Crippen LogP contribution is -2.47. The Hall–Kier alpha value is -2.05. The van der Waals surface area contributed by atoms with E-state index in [0.29, 0.717) is 37.1 Å². The van der Waals surface area contributed by atoms with Crippen molar-refractivity contribution in [3.63, 3.8) is 0 Å². The van der Waals surface area contributed by atoms with Gasteiger partial charge in [0.2, 0.25) is 0 Å². The van der Waals surface area contributed by atoms with Gasteiger partial charge in [-0.1, -0.05) is 11.6 Å². The Balaban J connectivity index is 1.65. The van der Waals surface area contributed by atoms with Crippen molar-refractivity contribution in [3.8, 4) is 5.75 Å². The van der Waals surface area contributed by atoms with Crippen LogP contribution in [0.3, 0.4) is 0 Å². The van der Waals surface area contributed by atoms with Gasteiger partial charge in [-0.2, -0.15) is 5.10 Å². The van der Waals surface area contributed by atoms with Crippen LogP contribution < -0.4 is 10.1 Å². The molecule has 1 amide bonds. The molecule has 2 aromatic rings. The van der Waals surface area contributed by atoms with Crippen molar-refractivity contribution in [1.29, 1.82) is 0 Å². The lowest BCUT2D eigenvalue weighted by Gasteiger charge is -2.25. The third-order valence-electron chi connectivity index (χ3n) is 3.29. The third kappa shape index (κ3) is 5.86. The van der Waals surface area contributed by atoms with Crippen molar-refractivity contribution >= 4 is 17.5 Å². The van der Waals surface area contributed by atoms with Crippen LogP contribution in [0, 0.1) is 0 Å². The average molecular weight is 352 g/mol. The number of nitrogens with zero attached hydrogens (tertiary/aromatic N) is 2. The highest BCUT2D eigenvalue weighted by atomic mass is 35.5. The van der Waals surface area contributed by atoms with Crippen LogP contribution in [-0.4, -0.2) is 41.0 Å². The molecule has 7 heteroatoms. The van der Waals surface area contributed by atoms with Crippen molar-refractivity contribution in [2.24, 2.45) is 0 Å². The van der Waals surface area contributed by atoms with Crippen molar-refractivity contribution < 1.29 is 14.3 Å². The summed E-state index contributed by atoms with van der Waals surface area (Å²) < 4.78 is 13.0. The van der Waals surface area contributed by atoms with Gasteiger partial charge in [-0.15, -0.1) is 0 Å². The molecule has 130 valence electrons. The summed E-state index contributed by atoms with van der Waals surface area (Å²) in [6.45, 7) is 5.52. The van der Waals surface area contributed by atoms with Gasteiger partial charge in [0.05, 0.1) is 19.8 Å². The number of benzene rings is 1. The van der Waals surface area contributed by atoms with Gasteiger partial charge in [-0.05, 0) is 44.2 Å². The van der Waals surface area contributed by atoms with Gasteiger partial charge in [-0.3, -0.25) is 9.48 Å². The molecule has 0 unspecified atom stereocenters. The zero-order chi connectivity index (χ0) is 17.4. The van der Waals surface area contributed by atoms with Crippen LogP contribution in [0.4, 0.5) is 0 Å². The average Bonchev–Trinajstić information content (AvgIpc) is 3.06. The fourth-order valence-corrected chi connectivity index (χ4v) is 2.11. The predicted molar refractivity (Wildman–Crippen MR) is 92.2 cm³/mol. The topological polar surface area (TPSA) is 65.4 Å². The number of rotatable bonds is 9. The number of aromatic nitrogens is 2. The van der Waals surface area contributed by atoms with Crippen LogP contribution in [0.25, 0.3) is 0 Å². The third-order valence-corrected chi connectivity index (χ3v) is 3.54. The minimum Gasteiger partial charge on any atom is -0.478 e. The van der Waals surface area contributed by atoms with Crippen LogP contribution in [-0.2, 0) is 16.1 Å². The maximum absolute atomic E-state index is 12.2. The Kier molecular flexibility index (Phi) is 6.63. The number of amides is 1. The monoisotopic (exact) mass is 351 g/mol. The van der Waals surface area contributed by atoms with Crippen LogP contribution in [0.5, 0.6) is 5.75 Å². The van der Waals surface area contributed by atoms with Crippen molar-refractivity contribution in [1.82, 2.24) is 15.1 Å². The normalized spacial score (nSPS) is 11.3. The molecule has 2 rings (SSSR count). The van der Waals surface area contributed by atoms with Gasteiger partial charge in [0.15, 0.2) is 5.60 Å². The zero-order valence-electron chi connectivity index (χ0n) is 13.9. The molecule has 0 atom stereocenters. The van der Waals surface area contributed by atoms with E-state index >= 15 is 0 Å². The van der Waals surface area contributed by atoms with E-state index in [9.17, 15) is 4.79 Å². The number of carbonyl (C=O) groups excluding carboxylic acids is 1. The second-order valence-electron chi connectivity index (χ2n) is 5.70. The minimum atomic E-state index is -0.983. The summed E-state index contributed by atoms with van der Waals surface area (Å²) in [6, 6.07) is 8.77. The van der Waals surface area contributed by atoms with Crippen molar-refractivity contribution in [2.75, 3.05) is 19.8 Å². The summed E-state index contributed by atoms with van der Waals surface area (Å²) in [7, 11) is 0. The maximum Gasteiger partial charge on any atom is 0.263 e. The van der Waals surface area contributed by atoms with E-state index in [1.165, 1.54) is 0 Å². The summed E-state index contributed by atoms with van der Waals surface area (Å²) >= 11 is 5.83. The van der Waals surface area contributed by atoms with Gasteiger partial charge in [0, 0.05) is 24.0 Å². The Morgan fingerprint density at radius 1 is 1.29 bits per heavy atom. The summed E-state index contributed by atoms with van der Waals surface area (Å²) in [5, 5.41) is 7.51. The molecule has 1 aromatic heterocycles. The first-order chi connectivity index (χ1) is 11.5. The molecule has 0 aliphatic heterocycles. The SMILES string of the molecule is CC(C)(Oc1ccc(Cl)cc1)C(=O)NCCOCCn1cccn1. The summed E-state index contributed by atoms with van der Waals surface area (Å²) in [5.74, 6) is 0.392. The second-order valence-corrected chi connectivity index (χ2v) is 6.14. The van der Waals surface area contributed by atoms with Crippen molar-refractivity contribution in [2.45, 2.75) is 26.0 Å². The molecular formula is C17H22ClN3O3. The van der Waals surface area contributed by atoms with Gasteiger partial charge >= 0.3 is 0 Å². The van der Waals surface area contributed by atoms with Gasteiger partial charge in [0.25, 0.3) is 5.91 Å². The van der Waals surface area contributed by atoms with Crippen molar-refractivity contribution in [3.05, 3.63) is 47.7 Å². The standard InChI is InChI=1S/C17H22ClN3O3/c1-17(2,24-15-6-4-14(18)5-7-15)16(22)19-9-12-23-13-11-21-10-3-8-20-21/h3-8,10H,9,11-13H2,1-2H3,(H,19,22). The lowest BCUT2D eigenvalue weighted by atomic mass is 10.1. The Morgan fingerprint density at radius 3 is 2.71 bits per heavy atom. The largest absolute Gasteiger partial charge is 0.478 e. The molecule has 0 aliphatic rings. The van der Waals surface area contributed by atoms with Gasteiger partial charge < -0.3 is 14.8 Å². The van der Waals surface area contributed by atoms with E-state index in [1.807, 2.05) is 12.3 Å². The van der Waals surface area contributed by atoms with E-state index in [4.69, 9.17) is 21.1 Å². The Bertz CT molecular complexity index is 627. The summed E-state index contributed by atoms with van der Waals surface area (Å²) in [6.07, 6.45) is 3.60. The molecule has 0 saturated carbocycles. The van der Waals surface area contributed by atoms with Gasteiger partial charge in [0.1, 0.15) is 5.75 Å². The van der Waals surface area contributed by atoms with Gasteiger partial charge in [-0.25, -0.2) is 0 Å². The Labute approximate surface area is 146 Å². The minimum absolute atomic E-state index is 0.201. The molecule has 1 heterocycles. The molecule has 0 bridgehead atoms. The molecule has 1 aromatic carbocycles. The highest BCUT2D eigenvalue weighted by Crippen LogP contribution is 2.20. The van der Waals surface area contributed by atoms with E-state index in [-0.39, 0.29) is 5.91 Å². The van der Waals surface area contributed by atoms with Crippen LogP contribution >= 0.6 is 11.6 Å². The highest BCUT2D eigenvalue weighted by Gasteiger charge is 2.29. The number of hydrogen-bond acceptors (Lipinski definition) is 4. The molecule has 0 spiro atoms. The number of halogens is 1. The summed E-state index contributed by atoms with van der Waals surface area (Å²) in [5.41, 5.74) is -0.983.